The molecule has 0 unspecified atom stereocenters. The minimum Gasteiger partial charge on any atom is -0.243 e. The van der Waals surface area contributed by atoms with Crippen LogP contribution in [-0.2, 0) is 0 Å². The molecule has 0 aliphatic heterocycles. The van der Waals surface area contributed by atoms with Crippen LogP contribution in [0.4, 0.5) is 4.79 Å². The Morgan fingerprint density at radius 2 is 1.27 bits per heavy atom. The summed E-state index contributed by atoms with van der Waals surface area (Å²) in [5, 5.41) is 16.0. The molecule has 7 nitrogen and oxygen atoms in total. The molecule has 0 amide bonds. The maximum Gasteiger partial charge on any atom is 0.373 e. The summed E-state index contributed by atoms with van der Waals surface area (Å²) in [6, 6.07) is 10.8. The molecule has 0 N–H and O–H groups in total. The molecule has 2 aromatic carbocycles. The second-order valence-electron chi connectivity index (χ2n) is 5.27. The number of carbonyl (C=O) groups excluding carboxylic acids is 1. The molecule has 0 aliphatic carbocycles. The zero-order valence-electron chi connectivity index (χ0n) is 12.1. The van der Waals surface area contributed by atoms with Gasteiger partial charge >= 0.3 is 6.03 Å². The van der Waals surface area contributed by atoms with E-state index in [4.69, 9.17) is 0 Å². The van der Waals surface area contributed by atoms with Crippen molar-refractivity contribution in [2.75, 3.05) is 0 Å². The third-order valence-electron chi connectivity index (χ3n) is 3.56. The molecule has 4 rings (SSSR count). The summed E-state index contributed by atoms with van der Waals surface area (Å²) < 4.78 is 2.48. The van der Waals surface area contributed by atoms with Gasteiger partial charge in [-0.1, -0.05) is 22.6 Å². The number of aryl methyl sites for hydroxylation is 2. The molecule has 22 heavy (non-hydrogen) atoms. The number of rotatable bonds is 0. The molecule has 0 radical (unpaired) electrons. The second-order valence-corrected chi connectivity index (χ2v) is 5.27. The first kappa shape index (κ1) is 12.6. The molecule has 0 spiro atoms. The summed E-state index contributed by atoms with van der Waals surface area (Å²) in [6.45, 7) is 3.93. The van der Waals surface area contributed by atoms with E-state index >= 15 is 0 Å². The molecule has 4 aromatic rings. The van der Waals surface area contributed by atoms with Gasteiger partial charge in [-0.25, -0.2) is 4.79 Å². The molecule has 2 heterocycles. The van der Waals surface area contributed by atoms with E-state index in [2.05, 4.69) is 20.6 Å². The minimum absolute atomic E-state index is 0.405. The monoisotopic (exact) mass is 292 g/mol. The Labute approximate surface area is 125 Å². The van der Waals surface area contributed by atoms with Crippen LogP contribution in [0.15, 0.2) is 36.4 Å². The average molecular weight is 292 g/mol. The van der Waals surface area contributed by atoms with Gasteiger partial charge in [-0.3, -0.25) is 0 Å². The first-order valence-electron chi connectivity index (χ1n) is 6.82. The fourth-order valence-corrected chi connectivity index (χ4v) is 2.44. The van der Waals surface area contributed by atoms with Gasteiger partial charge < -0.3 is 0 Å². The van der Waals surface area contributed by atoms with Crippen molar-refractivity contribution in [1.82, 2.24) is 30.0 Å². The first-order valence-corrected chi connectivity index (χ1v) is 6.82. The highest BCUT2D eigenvalue weighted by molar-refractivity contribution is 5.93. The third-order valence-corrected chi connectivity index (χ3v) is 3.56. The number of nitrogens with zero attached hydrogens (tertiary/aromatic N) is 6. The van der Waals surface area contributed by atoms with Gasteiger partial charge in [-0.05, 0) is 49.2 Å². The zero-order chi connectivity index (χ0) is 15.3. The van der Waals surface area contributed by atoms with Crippen LogP contribution in [0.5, 0.6) is 0 Å². The van der Waals surface area contributed by atoms with Gasteiger partial charge in [0.2, 0.25) is 0 Å². The van der Waals surface area contributed by atoms with E-state index < -0.39 is 6.03 Å². The van der Waals surface area contributed by atoms with Crippen LogP contribution < -0.4 is 0 Å². The lowest BCUT2D eigenvalue weighted by atomic mass is 10.2. The summed E-state index contributed by atoms with van der Waals surface area (Å²) in [6.07, 6.45) is 0. The lowest BCUT2D eigenvalue weighted by Gasteiger charge is -2.01. The van der Waals surface area contributed by atoms with Crippen LogP contribution in [0.1, 0.15) is 11.1 Å². The largest absolute Gasteiger partial charge is 0.373 e. The van der Waals surface area contributed by atoms with Crippen LogP contribution in [0.2, 0.25) is 0 Å². The zero-order valence-corrected chi connectivity index (χ0v) is 12.1. The Bertz CT molecular complexity index is 947. The highest BCUT2D eigenvalue weighted by Crippen LogP contribution is 2.16. The van der Waals surface area contributed by atoms with E-state index in [1.165, 1.54) is 9.36 Å². The Morgan fingerprint density at radius 3 is 1.73 bits per heavy atom. The van der Waals surface area contributed by atoms with Crippen molar-refractivity contribution in [3.63, 3.8) is 0 Å². The molecule has 2 aromatic heterocycles. The van der Waals surface area contributed by atoms with E-state index in [0.717, 1.165) is 11.1 Å². The van der Waals surface area contributed by atoms with Gasteiger partial charge in [0.05, 0.1) is 11.0 Å². The fourth-order valence-electron chi connectivity index (χ4n) is 2.44. The number of benzene rings is 2. The third kappa shape index (κ3) is 1.79. The number of aromatic nitrogens is 6. The van der Waals surface area contributed by atoms with E-state index in [9.17, 15) is 4.79 Å². The van der Waals surface area contributed by atoms with Crippen molar-refractivity contribution >= 4 is 28.1 Å². The smallest absolute Gasteiger partial charge is 0.243 e. The molecule has 0 aliphatic rings. The highest BCUT2D eigenvalue weighted by atomic mass is 16.2. The Morgan fingerprint density at radius 1 is 0.818 bits per heavy atom. The quantitative estimate of drug-likeness (QED) is 0.497. The van der Waals surface area contributed by atoms with Crippen LogP contribution >= 0.6 is 0 Å². The Kier molecular flexibility index (Phi) is 2.56. The highest BCUT2D eigenvalue weighted by Gasteiger charge is 2.17. The van der Waals surface area contributed by atoms with Crippen LogP contribution in [-0.4, -0.2) is 36.0 Å². The van der Waals surface area contributed by atoms with Crippen molar-refractivity contribution in [3.05, 3.63) is 47.5 Å². The van der Waals surface area contributed by atoms with Gasteiger partial charge in [0.25, 0.3) is 0 Å². The normalized spacial score (nSPS) is 11.4. The molecular formula is C15H12N6O. The van der Waals surface area contributed by atoms with E-state index in [1.807, 2.05) is 50.2 Å². The lowest BCUT2D eigenvalue weighted by Crippen LogP contribution is -2.21. The molecular weight excluding hydrogens is 280 g/mol. The molecule has 0 bridgehead atoms. The van der Waals surface area contributed by atoms with Crippen LogP contribution in [0.25, 0.3) is 22.1 Å². The second kappa shape index (κ2) is 4.45. The molecule has 0 saturated heterocycles. The van der Waals surface area contributed by atoms with Crippen molar-refractivity contribution in [2.45, 2.75) is 13.8 Å². The fraction of sp³-hybridized carbons (Fsp3) is 0.133. The standard InChI is InChI=1S/C15H12N6O/c1-9-3-5-13-11(7-9)16-18-20(13)15(22)21-14-6-4-10(2)8-12(14)17-19-21/h3-8H,1-2H3. The molecule has 0 saturated carbocycles. The van der Waals surface area contributed by atoms with E-state index in [1.54, 1.807) is 0 Å². The van der Waals surface area contributed by atoms with Gasteiger partial charge in [-0.15, -0.1) is 10.2 Å². The van der Waals surface area contributed by atoms with Gasteiger partial charge in [0, 0.05) is 0 Å². The summed E-state index contributed by atoms with van der Waals surface area (Å²) in [5.74, 6) is 0. The topological polar surface area (TPSA) is 78.5 Å². The summed E-state index contributed by atoms with van der Waals surface area (Å²) in [4.78, 5) is 12.7. The maximum atomic E-state index is 12.7. The van der Waals surface area contributed by atoms with Crippen molar-refractivity contribution in [3.8, 4) is 0 Å². The number of fused-ring (bicyclic) bond motifs is 2. The Hall–Kier alpha value is -3.09. The summed E-state index contributed by atoms with van der Waals surface area (Å²) in [7, 11) is 0. The van der Waals surface area contributed by atoms with E-state index in [0.29, 0.717) is 22.1 Å². The number of hydrogen-bond acceptors (Lipinski definition) is 5. The lowest BCUT2D eigenvalue weighted by molar-refractivity contribution is 0.239. The minimum atomic E-state index is -0.405. The predicted octanol–water partition coefficient (Wildman–Crippen LogP) is 2.31. The summed E-state index contributed by atoms with van der Waals surface area (Å²) >= 11 is 0. The number of carbonyl (C=O) groups is 1. The van der Waals surface area contributed by atoms with E-state index in [-0.39, 0.29) is 0 Å². The predicted molar refractivity (Wildman–Crippen MR) is 80.7 cm³/mol. The van der Waals surface area contributed by atoms with Crippen molar-refractivity contribution in [1.29, 1.82) is 0 Å². The first-order chi connectivity index (χ1) is 10.6. The van der Waals surface area contributed by atoms with Crippen molar-refractivity contribution < 1.29 is 4.79 Å². The number of hydrogen-bond donors (Lipinski definition) is 0. The van der Waals surface area contributed by atoms with Gasteiger partial charge in [0.15, 0.2) is 0 Å². The van der Waals surface area contributed by atoms with Gasteiger partial charge in [-0.2, -0.15) is 9.36 Å². The SMILES string of the molecule is Cc1ccc2c(c1)nnn2C(=O)n1nnc2cc(C)ccc21. The van der Waals surface area contributed by atoms with Crippen molar-refractivity contribution in [2.24, 2.45) is 0 Å². The molecule has 7 heteroatoms. The molecule has 0 atom stereocenters. The Balaban J connectivity index is 1.88. The molecule has 108 valence electrons. The van der Waals surface area contributed by atoms with Crippen LogP contribution in [0.3, 0.4) is 0 Å². The molecule has 0 fully saturated rings. The average Bonchev–Trinajstić information content (AvgIpc) is 3.09. The van der Waals surface area contributed by atoms with Gasteiger partial charge in [0.1, 0.15) is 11.0 Å². The maximum absolute atomic E-state index is 12.7. The van der Waals surface area contributed by atoms with Crippen LogP contribution in [0, 0.1) is 13.8 Å². The summed E-state index contributed by atoms with van der Waals surface area (Å²) in [5.41, 5.74) is 4.77.